The fourth-order valence-electron chi connectivity index (χ4n) is 3.11. The Kier molecular flexibility index (Phi) is 6.24. The minimum absolute atomic E-state index is 0.167. The van der Waals surface area contributed by atoms with Gasteiger partial charge < -0.3 is 13.9 Å². The van der Waals surface area contributed by atoms with Crippen LogP contribution in [0, 0.1) is 11.8 Å². The first kappa shape index (κ1) is 18.9. The number of hydrogen-bond donors (Lipinski definition) is 0. The quantitative estimate of drug-likeness (QED) is 0.407. The van der Waals surface area contributed by atoms with Crippen LogP contribution < -0.4 is 0 Å². The monoisotopic (exact) mass is 314 g/mol. The summed E-state index contributed by atoms with van der Waals surface area (Å²) in [6.07, 6.45) is 2.22. The first-order chi connectivity index (χ1) is 9.55. The third-order valence-corrected chi connectivity index (χ3v) is 9.79. The molecule has 21 heavy (non-hydrogen) atoms. The van der Waals surface area contributed by atoms with Crippen molar-refractivity contribution in [3.63, 3.8) is 0 Å². The van der Waals surface area contributed by atoms with Crippen LogP contribution in [0.1, 0.15) is 40.5 Å². The van der Waals surface area contributed by atoms with Crippen molar-refractivity contribution in [1.82, 2.24) is 0 Å². The smallest absolute Gasteiger partial charge is 0.192 e. The summed E-state index contributed by atoms with van der Waals surface area (Å²) in [7, 11) is 1.66. The fraction of sp³-hybridized carbons (Fsp3) is 0.882. The third-order valence-electron chi connectivity index (χ3n) is 5.28. The molecule has 124 valence electrons. The highest BCUT2D eigenvalue weighted by Gasteiger charge is 2.46. The van der Waals surface area contributed by atoms with Crippen molar-refractivity contribution in [3.8, 4) is 0 Å². The molecule has 0 amide bonds. The van der Waals surface area contributed by atoms with Crippen LogP contribution in [0.25, 0.3) is 0 Å². The molecule has 1 fully saturated rings. The molecule has 0 bridgehead atoms. The van der Waals surface area contributed by atoms with Gasteiger partial charge in [0.05, 0.1) is 6.10 Å². The van der Waals surface area contributed by atoms with Gasteiger partial charge in [-0.1, -0.05) is 32.9 Å². The van der Waals surface area contributed by atoms with Gasteiger partial charge in [0.1, 0.15) is 0 Å². The molecule has 0 aromatic heterocycles. The van der Waals surface area contributed by atoms with Gasteiger partial charge in [0, 0.05) is 26.1 Å². The highest BCUT2D eigenvalue weighted by atomic mass is 28.4. The lowest BCUT2D eigenvalue weighted by molar-refractivity contribution is -0.144. The van der Waals surface area contributed by atoms with Gasteiger partial charge in [-0.15, -0.1) is 0 Å². The fourth-order valence-corrected chi connectivity index (χ4v) is 4.49. The maximum absolute atomic E-state index is 6.67. The zero-order chi connectivity index (χ0) is 16.4. The second-order valence-corrected chi connectivity index (χ2v) is 12.6. The number of hydrogen-bond acceptors (Lipinski definition) is 3. The van der Waals surface area contributed by atoms with Gasteiger partial charge in [0.15, 0.2) is 14.6 Å². The van der Waals surface area contributed by atoms with E-state index in [2.05, 4.69) is 47.4 Å². The molecule has 1 saturated carbocycles. The Labute approximate surface area is 132 Å². The first-order valence-corrected chi connectivity index (χ1v) is 10.8. The summed E-state index contributed by atoms with van der Waals surface area (Å²) in [5.74, 6) is 0.663. The summed E-state index contributed by atoms with van der Waals surface area (Å²) in [5.41, 5.74) is 1.18. The van der Waals surface area contributed by atoms with E-state index >= 15 is 0 Å². The lowest BCUT2D eigenvalue weighted by atomic mass is 9.88. The van der Waals surface area contributed by atoms with E-state index in [9.17, 15) is 0 Å². The van der Waals surface area contributed by atoms with E-state index in [1.807, 2.05) is 0 Å². The van der Waals surface area contributed by atoms with Gasteiger partial charge in [0.25, 0.3) is 0 Å². The summed E-state index contributed by atoms with van der Waals surface area (Å²) in [5, 5.41) is 0.229. The minimum atomic E-state index is -1.77. The van der Waals surface area contributed by atoms with E-state index in [0.29, 0.717) is 11.8 Å². The summed E-state index contributed by atoms with van der Waals surface area (Å²) < 4.78 is 17.7. The van der Waals surface area contributed by atoms with Gasteiger partial charge in [-0.05, 0) is 37.9 Å². The average Bonchev–Trinajstić information content (AvgIpc) is 2.72. The molecule has 0 spiro atoms. The highest BCUT2D eigenvalue weighted by Crippen LogP contribution is 2.45. The molecule has 0 aliphatic heterocycles. The van der Waals surface area contributed by atoms with Crippen molar-refractivity contribution in [3.05, 3.63) is 12.2 Å². The lowest BCUT2D eigenvalue weighted by Crippen LogP contribution is -2.45. The number of ether oxygens (including phenoxy) is 2. The first-order valence-electron chi connectivity index (χ1n) is 7.94. The summed E-state index contributed by atoms with van der Waals surface area (Å²) >= 11 is 0. The SMILES string of the molecule is C=C(C)[C@H]1[C@H](O[Si](C)(C)C(C)(C)C)CC[C@H]1C(OC)OC. The zero-order valence-corrected chi connectivity index (χ0v) is 16.2. The maximum Gasteiger partial charge on any atom is 0.192 e. The van der Waals surface area contributed by atoms with Crippen LogP contribution in [0.2, 0.25) is 18.1 Å². The lowest BCUT2D eigenvalue weighted by Gasteiger charge is -2.41. The van der Waals surface area contributed by atoms with Crippen LogP contribution in [-0.2, 0) is 13.9 Å². The van der Waals surface area contributed by atoms with Crippen molar-refractivity contribution in [2.75, 3.05) is 14.2 Å². The van der Waals surface area contributed by atoms with E-state index in [1.165, 1.54) is 5.57 Å². The van der Waals surface area contributed by atoms with Crippen LogP contribution in [0.5, 0.6) is 0 Å². The molecule has 0 heterocycles. The predicted molar refractivity (Wildman–Crippen MR) is 90.9 cm³/mol. The Morgan fingerprint density at radius 2 is 1.67 bits per heavy atom. The van der Waals surface area contributed by atoms with Crippen molar-refractivity contribution in [2.45, 2.75) is 71.1 Å². The van der Waals surface area contributed by atoms with Gasteiger partial charge in [0.2, 0.25) is 0 Å². The van der Waals surface area contributed by atoms with E-state index < -0.39 is 8.32 Å². The average molecular weight is 315 g/mol. The van der Waals surface area contributed by atoms with Crippen molar-refractivity contribution < 1.29 is 13.9 Å². The molecule has 3 atom stereocenters. The van der Waals surface area contributed by atoms with Crippen molar-refractivity contribution in [2.24, 2.45) is 11.8 Å². The van der Waals surface area contributed by atoms with Gasteiger partial charge in [-0.3, -0.25) is 0 Å². The van der Waals surface area contributed by atoms with Gasteiger partial charge >= 0.3 is 0 Å². The maximum atomic E-state index is 6.67. The summed E-state index contributed by atoms with van der Waals surface area (Å²) in [4.78, 5) is 0. The van der Waals surface area contributed by atoms with Gasteiger partial charge in [-0.25, -0.2) is 0 Å². The molecule has 3 nitrogen and oxygen atoms in total. The second kappa shape index (κ2) is 6.94. The topological polar surface area (TPSA) is 27.7 Å². The van der Waals surface area contributed by atoms with E-state index in [-0.39, 0.29) is 17.4 Å². The van der Waals surface area contributed by atoms with Crippen LogP contribution in [0.4, 0.5) is 0 Å². The molecule has 0 saturated heterocycles. The molecule has 0 N–H and O–H groups in total. The molecule has 0 radical (unpaired) electrons. The molecule has 0 aromatic rings. The Hall–Kier alpha value is -0.163. The molecule has 4 heteroatoms. The second-order valence-electron chi connectivity index (χ2n) is 7.87. The molecular weight excluding hydrogens is 280 g/mol. The van der Waals surface area contributed by atoms with E-state index in [1.54, 1.807) is 14.2 Å². The molecular formula is C17H34O3Si. The number of methoxy groups -OCH3 is 2. The third kappa shape index (κ3) is 4.18. The molecule has 1 rings (SSSR count). The summed E-state index contributed by atoms with van der Waals surface area (Å²) in [6, 6.07) is 0. The highest BCUT2D eigenvalue weighted by molar-refractivity contribution is 6.74. The Bertz CT molecular complexity index is 356. The molecule has 1 aliphatic rings. The van der Waals surface area contributed by atoms with E-state index in [0.717, 1.165) is 12.8 Å². The van der Waals surface area contributed by atoms with Crippen molar-refractivity contribution in [1.29, 1.82) is 0 Å². The van der Waals surface area contributed by atoms with Crippen LogP contribution in [0.15, 0.2) is 12.2 Å². The van der Waals surface area contributed by atoms with Crippen LogP contribution in [0.3, 0.4) is 0 Å². The standard InChI is InChI=1S/C17H34O3Si/c1-12(2)15-13(16(18-6)19-7)10-11-14(15)20-21(8,9)17(3,4)5/h13-16H,1,10-11H2,2-9H3/t13-,14-,15-/m1/s1. The predicted octanol–water partition coefficient (Wildman–Crippen LogP) is 4.60. The van der Waals surface area contributed by atoms with Crippen LogP contribution >= 0.6 is 0 Å². The Morgan fingerprint density at radius 3 is 2.05 bits per heavy atom. The van der Waals surface area contributed by atoms with Crippen LogP contribution in [-0.4, -0.2) is 34.9 Å². The van der Waals surface area contributed by atoms with E-state index in [4.69, 9.17) is 13.9 Å². The van der Waals surface area contributed by atoms with Crippen molar-refractivity contribution >= 4 is 8.32 Å². The number of rotatable bonds is 6. The normalized spacial score (nSPS) is 27.4. The molecule has 0 unspecified atom stereocenters. The molecule has 1 aliphatic carbocycles. The molecule has 0 aromatic carbocycles. The zero-order valence-electron chi connectivity index (χ0n) is 15.2. The van der Waals surface area contributed by atoms with Gasteiger partial charge in [-0.2, -0.15) is 0 Å². The summed E-state index contributed by atoms with van der Waals surface area (Å²) in [6.45, 7) is 17.8. The minimum Gasteiger partial charge on any atom is -0.413 e. The Morgan fingerprint density at radius 1 is 1.14 bits per heavy atom. The largest absolute Gasteiger partial charge is 0.413 e. The Balaban J connectivity index is 2.92.